The predicted molar refractivity (Wildman–Crippen MR) is 102 cm³/mol. The number of nitrogens with zero attached hydrogens (tertiary/aromatic N) is 1. The van der Waals surface area contributed by atoms with Gasteiger partial charge in [-0.1, -0.05) is 45.4 Å². The van der Waals surface area contributed by atoms with Gasteiger partial charge in [-0.05, 0) is 24.8 Å². The number of phenols is 1. The molecular formula is C21H28N2O5. The van der Waals surface area contributed by atoms with E-state index in [2.05, 4.69) is 5.32 Å². The zero-order valence-electron chi connectivity index (χ0n) is 16.5. The van der Waals surface area contributed by atoms with Gasteiger partial charge in [-0.3, -0.25) is 24.6 Å². The molecule has 1 aromatic rings. The Kier molecular flexibility index (Phi) is 5.48. The van der Waals surface area contributed by atoms with E-state index in [9.17, 15) is 24.6 Å². The Morgan fingerprint density at radius 1 is 1.25 bits per heavy atom. The number of carbonyl (C=O) groups excluding carboxylic acids is 2. The molecule has 4 atom stereocenters. The van der Waals surface area contributed by atoms with Crippen molar-refractivity contribution in [3.05, 3.63) is 29.8 Å². The number of amides is 2. The van der Waals surface area contributed by atoms with Gasteiger partial charge in [-0.25, -0.2) is 0 Å². The fraction of sp³-hybridized carbons (Fsp3) is 0.571. The SMILES string of the molecule is CCCCN1C(=O)[C@@H]2[C@H](c3ccccc3O)N[C@](CC(C)C)(C(=O)O)[C@H]2C1=O. The van der Waals surface area contributed by atoms with Crippen LogP contribution in [0.5, 0.6) is 5.75 Å². The molecule has 0 bridgehead atoms. The van der Waals surface area contributed by atoms with Crippen molar-refractivity contribution in [3.63, 3.8) is 0 Å². The third-order valence-corrected chi connectivity index (χ3v) is 5.86. The molecular weight excluding hydrogens is 360 g/mol. The van der Waals surface area contributed by atoms with Gasteiger partial charge in [0.05, 0.1) is 11.8 Å². The number of nitrogens with one attached hydrogen (secondary N) is 1. The third kappa shape index (κ3) is 3.07. The number of aromatic hydroxyl groups is 1. The number of imide groups is 1. The lowest BCUT2D eigenvalue weighted by atomic mass is 9.75. The quantitative estimate of drug-likeness (QED) is 0.619. The summed E-state index contributed by atoms with van der Waals surface area (Å²) in [5.74, 6) is -3.74. The van der Waals surface area contributed by atoms with E-state index in [1.165, 1.54) is 11.0 Å². The molecule has 0 spiro atoms. The number of likely N-dealkylation sites (tertiary alicyclic amines) is 1. The molecule has 0 radical (unpaired) electrons. The Labute approximate surface area is 164 Å². The molecule has 3 rings (SSSR count). The Bertz CT molecular complexity index is 793. The van der Waals surface area contributed by atoms with Gasteiger partial charge >= 0.3 is 5.97 Å². The Hall–Kier alpha value is -2.41. The smallest absolute Gasteiger partial charge is 0.324 e. The number of carboxylic acids is 1. The number of carboxylic acid groups (broad SMARTS) is 1. The van der Waals surface area contributed by atoms with Gasteiger partial charge in [-0.15, -0.1) is 0 Å². The monoisotopic (exact) mass is 388 g/mol. The molecule has 1 aromatic carbocycles. The highest BCUT2D eigenvalue weighted by molar-refractivity contribution is 6.09. The number of unbranched alkanes of at least 4 members (excludes halogenated alkanes) is 1. The number of para-hydroxylation sites is 1. The first kappa shape index (κ1) is 20.3. The summed E-state index contributed by atoms with van der Waals surface area (Å²) in [5, 5.41) is 23.6. The van der Waals surface area contributed by atoms with E-state index in [1.807, 2.05) is 20.8 Å². The molecule has 3 N–H and O–H groups in total. The average molecular weight is 388 g/mol. The zero-order chi connectivity index (χ0) is 20.6. The second kappa shape index (κ2) is 7.54. The highest BCUT2D eigenvalue weighted by Gasteiger charge is 2.68. The van der Waals surface area contributed by atoms with Crippen LogP contribution in [0.15, 0.2) is 24.3 Å². The number of carbonyl (C=O) groups is 3. The van der Waals surface area contributed by atoms with E-state index >= 15 is 0 Å². The Balaban J connectivity index is 2.12. The molecule has 7 heteroatoms. The van der Waals surface area contributed by atoms with Gasteiger partial charge in [-0.2, -0.15) is 0 Å². The highest BCUT2D eigenvalue weighted by Crippen LogP contribution is 2.52. The molecule has 2 heterocycles. The van der Waals surface area contributed by atoms with E-state index in [0.29, 0.717) is 18.5 Å². The molecule has 2 fully saturated rings. The number of aliphatic carboxylic acids is 1. The number of benzene rings is 1. The van der Waals surface area contributed by atoms with E-state index < -0.39 is 35.3 Å². The van der Waals surface area contributed by atoms with E-state index in [4.69, 9.17) is 0 Å². The maximum atomic E-state index is 13.2. The summed E-state index contributed by atoms with van der Waals surface area (Å²) >= 11 is 0. The van der Waals surface area contributed by atoms with Crippen LogP contribution in [0, 0.1) is 17.8 Å². The van der Waals surface area contributed by atoms with Crippen molar-refractivity contribution < 1.29 is 24.6 Å². The molecule has 28 heavy (non-hydrogen) atoms. The topological polar surface area (TPSA) is 107 Å². The lowest BCUT2D eigenvalue weighted by Crippen LogP contribution is -2.56. The molecule has 2 aliphatic heterocycles. The van der Waals surface area contributed by atoms with Crippen molar-refractivity contribution in [1.29, 1.82) is 0 Å². The fourth-order valence-electron chi connectivity index (χ4n) is 4.73. The minimum absolute atomic E-state index is 0.0000332. The van der Waals surface area contributed by atoms with Gasteiger partial charge < -0.3 is 10.2 Å². The highest BCUT2D eigenvalue weighted by atomic mass is 16.4. The van der Waals surface area contributed by atoms with Crippen molar-refractivity contribution in [3.8, 4) is 5.75 Å². The lowest BCUT2D eigenvalue weighted by Gasteiger charge is -2.32. The summed E-state index contributed by atoms with van der Waals surface area (Å²) in [5.41, 5.74) is -1.10. The molecule has 152 valence electrons. The van der Waals surface area contributed by atoms with Crippen LogP contribution in [0.1, 0.15) is 51.6 Å². The molecule has 7 nitrogen and oxygen atoms in total. The van der Waals surface area contributed by atoms with Gasteiger partial charge in [0, 0.05) is 18.2 Å². The van der Waals surface area contributed by atoms with E-state index in [-0.39, 0.29) is 24.0 Å². The van der Waals surface area contributed by atoms with Crippen LogP contribution >= 0.6 is 0 Å². The molecule has 2 saturated heterocycles. The van der Waals surface area contributed by atoms with Crippen LogP contribution < -0.4 is 5.32 Å². The van der Waals surface area contributed by atoms with Crippen LogP contribution in [0.2, 0.25) is 0 Å². The summed E-state index contributed by atoms with van der Waals surface area (Å²) in [7, 11) is 0. The second-order valence-corrected chi connectivity index (χ2v) is 8.24. The number of hydrogen-bond donors (Lipinski definition) is 3. The number of rotatable bonds is 7. The maximum absolute atomic E-state index is 13.2. The first-order valence-corrected chi connectivity index (χ1v) is 9.88. The van der Waals surface area contributed by atoms with Gasteiger partial charge in [0.1, 0.15) is 11.3 Å². The summed E-state index contributed by atoms with van der Waals surface area (Å²) < 4.78 is 0. The van der Waals surface area contributed by atoms with Crippen molar-refractivity contribution in [2.24, 2.45) is 17.8 Å². The summed E-state index contributed by atoms with van der Waals surface area (Å²) in [6.45, 7) is 6.06. The first-order chi connectivity index (χ1) is 13.2. The number of fused-ring (bicyclic) bond motifs is 1. The fourth-order valence-corrected chi connectivity index (χ4v) is 4.73. The van der Waals surface area contributed by atoms with Gasteiger partial charge in [0.15, 0.2) is 0 Å². The summed E-state index contributed by atoms with van der Waals surface area (Å²) in [6.07, 6.45) is 1.72. The molecule has 0 unspecified atom stereocenters. The Morgan fingerprint density at radius 3 is 2.50 bits per heavy atom. The van der Waals surface area contributed by atoms with Crippen LogP contribution in [0.25, 0.3) is 0 Å². The summed E-state index contributed by atoms with van der Waals surface area (Å²) in [4.78, 5) is 40.0. The molecule has 0 aromatic heterocycles. The standard InChI is InChI=1S/C21H28N2O5/c1-4-5-10-23-18(25)15-16(19(23)26)21(20(27)28,11-12(2)3)22-17(15)13-8-6-7-9-14(13)24/h6-9,12,15-17,22,24H,4-5,10-11H2,1-3H3,(H,27,28)/t15-,16+,17-,21-/m0/s1. The second-order valence-electron chi connectivity index (χ2n) is 8.24. The van der Waals surface area contributed by atoms with Crippen molar-refractivity contribution in [1.82, 2.24) is 10.2 Å². The third-order valence-electron chi connectivity index (χ3n) is 5.86. The number of hydrogen-bond acceptors (Lipinski definition) is 5. The van der Waals surface area contributed by atoms with E-state index in [1.54, 1.807) is 18.2 Å². The largest absolute Gasteiger partial charge is 0.508 e. The van der Waals surface area contributed by atoms with E-state index in [0.717, 1.165) is 6.42 Å². The minimum Gasteiger partial charge on any atom is -0.508 e. The van der Waals surface area contributed by atoms with Crippen LogP contribution in [0.4, 0.5) is 0 Å². The Morgan fingerprint density at radius 2 is 1.93 bits per heavy atom. The van der Waals surface area contributed by atoms with Crippen LogP contribution in [0.3, 0.4) is 0 Å². The van der Waals surface area contributed by atoms with Gasteiger partial charge in [0.25, 0.3) is 0 Å². The first-order valence-electron chi connectivity index (χ1n) is 9.88. The van der Waals surface area contributed by atoms with Crippen molar-refractivity contribution >= 4 is 17.8 Å². The molecule has 0 aliphatic carbocycles. The van der Waals surface area contributed by atoms with Gasteiger partial charge in [0.2, 0.25) is 11.8 Å². The average Bonchev–Trinajstić information content (AvgIpc) is 3.09. The predicted octanol–water partition coefficient (Wildman–Crippen LogP) is 2.31. The minimum atomic E-state index is -1.54. The van der Waals surface area contributed by atoms with Crippen molar-refractivity contribution in [2.45, 2.75) is 51.6 Å². The zero-order valence-corrected chi connectivity index (χ0v) is 16.5. The number of phenolic OH excluding ortho intramolecular Hbond substituents is 1. The maximum Gasteiger partial charge on any atom is 0.324 e. The van der Waals surface area contributed by atoms with Crippen LogP contribution in [-0.4, -0.2) is 45.0 Å². The normalized spacial score (nSPS) is 29.6. The van der Waals surface area contributed by atoms with Crippen LogP contribution in [-0.2, 0) is 14.4 Å². The summed E-state index contributed by atoms with van der Waals surface area (Å²) in [6, 6.07) is 5.84. The molecule has 2 amide bonds. The lowest BCUT2D eigenvalue weighted by molar-refractivity contribution is -0.152. The van der Waals surface area contributed by atoms with Crippen molar-refractivity contribution in [2.75, 3.05) is 6.54 Å². The molecule has 0 saturated carbocycles. The molecule has 2 aliphatic rings.